The van der Waals surface area contributed by atoms with E-state index in [0.717, 1.165) is 22.4 Å². The summed E-state index contributed by atoms with van der Waals surface area (Å²) in [6.45, 7) is 0. The number of carbonyl (C=O) groups is 1. The fourth-order valence-corrected chi connectivity index (χ4v) is 4.60. The molecule has 2 aromatic carbocycles. The van der Waals surface area contributed by atoms with Crippen molar-refractivity contribution in [3.63, 3.8) is 0 Å². The molecule has 34 heavy (non-hydrogen) atoms. The zero-order valence-corrected chi connectivity index (χ0v) is 17.7. The Morgan fingerprint density at radius 3 is 2.47 bits per heavy atom. The first-order chi connectivity index (χ1) is 16.2. The van der Waals surface area contributed by atoms with E-state index in [-0.39, 0.29) is 41.6 Å². The number of methoxy groups -OCH3 is 1. The lowest BCUT2D eigenvalue weighted by Crippen LogP contribution is -2.33. The van der Waals surface area contributed by atoms with Crippen LogP contribution in [0, 0.1) is 11.6 Å². The standard InChI is InChI=1S/C23H17F5N4O2/c1-34-18-5-3-2-4-15(18)11-8-16-19(17(33)9-11)20(12-6-13(24)10-14(25)7-12)32-22(29-16)30-21(31-32)23(26,27)28/h2-7,10-11,20H,8-9H2,1H3,(H,29,30,31). The second kappa shape index (κ2) is 7.93. The van der Waals surface area contributed by atoms with Crippen LogP contribution < -0.4 is 10.1 Å². The molecule has 176 valence electrons. The van der Waals surface area contributed by atoms with Crippen molar-refractivity contribution < 1.29 is 31.5 Å². The Balaban J connectivity index is 1.65. The summed E-state index contributed by atoms with van der Waals surface area (Å²) in [7, 11) is 1.50. The van der Waals surface area contributed by atoms with Crippen molar-refractivity contribution in [1.29, 1.82) is 0 Å². The summed E-state index contributed by atoms with van der Waals surface area (Å²) >= 11 is 0. The number of allylic oxidation sites excluding steroid dienone is 2. The van der Waals surface area contributed by atoms with Crippen LogP contribution in [0.2, 0.25) is 0 Å². The number of anilines is 1. The first-order valence-corrected chi connectivity index (χ1v) is 10.3. The van der Waals surface area contributed by atoms with Crippen molar-refractivity contribution >= 4 is 11.7 Å². The molecular weight excluding hydrogens is 459 g/mol. The van der Waals surface area contributed by atoms with Gasteiger partial charge in [0.1, 0.15) is 23.4 Å². The lowest BCUT2D eigenvalue weighted by molar-refractivity contribution is -0.145. The molecular formula is C23H17F5N4O2. The topological polar surface area (TPSA) is 69.0 Å². The van der Waals surface area contributed by atoms with Crippen molar-refractivity contribution in [2.75, 3.05) is 12.4 Å². The monoisotopic (exact) mass is 476 g/mol. The first-order valence-electron chi connectivity index (χ1n) is 10.3. The van der Waals surface area contributed by atoms with Gasteiger partial charge >= 0.3 is 6.18 Å². The van der Waals surface area contributed by atoms with E-state index in [1.165, 1.54) is 7.11 Å². The number of benzene rings is 2. The molecule has 1 N–H and O–H groups in total. The molecule has 0 bridgehead atoms. The molecule has 6 nitrogen and oxygen atoms in total. The van der Waals surface area contributed by atoms with E-state index in [4.69, 9.17) is 4.74 Å². The predicted molar refractivity (Wildman–Crippen MR) is 110 cm³/mol. The number of ether oxygens (including phenoxy) is 1. The summed E-state index contributed by atoms with van der Waals surface area (Å²) in [4.78, 5) is 16.9. The number of nitrogens with one attached hydrogen (secondary N) is 1. The van der Waals surface area contributed by atoms with E-state index in [1.54, 1.807) is 18.2 Å². The summed E-state index contributed by atoms with van der Waals surface area (Å²) in [5.41, 5.74) is 1.15. The highest BCUT2D eigenvalue weighted by Crippen LogP contribution is 2.46. The highest BCUT2D eigenvalue weighted by molar-refractivity contribution is 6.00. The van der Waals surface area contributed by atoms with Crippen LogP contribution in [-0.4, -0.2) is 27.7 Å². The maximum atomic E-state index is 14.0. The number of aromatic nitrogens is 3. The Labute approximate surface area is 190 Å². The van der Waals surface area contributed by atoms with Crippen LogP contribution in [0.1, 0.15) is 41.8 Å². The number of carbonyl (C=O) groups excluding carboxylic acids is 1. The van der Waals surface area contributed by atoms with Crippen molar-refractivity contribution in [1.82, 2.24) is 14.8 Å². The number of fused-ring (bicyclic) bond motifs is 1. The number of para-hydroxylation sites is 1. The largest absolute Gasteiger partial charge is 0.496 e. The second-order valence-corrected chi connectivity index (χ2v) is 8.09. The molecule has 2 unspecified atom stereocenters. The van der Waals surface area contributed by atoms with Crippen LogP contribution in [0.5, 0.6) is 5.75 Å². The Morgan fingerprint density at radius 1 is 1.09 bits per heavy atom. The number of nitrogens with zero attached hydrogens (tertiary/aromatic N) is 3. The predicted octanol–water partition coefficient (Wildman–Crippen LogP) is 5.00. The van der Waals surface area contributed by atoms with Gasteiger partial charge in [-0.15, -0.1) is 5.10 Å². The molecule has 0 fully saturated rings. The maximum absolute atomic E-state index is 14.0. The number of halogens is 5. The highest BCUT2D eigenvalue weighted by Gasteiger charge is 2.44. The van der Waals surface area contributed by atoms with Gasteiger partial charge in [-0.1, -0.05) is 18.2 Å². The third-order valence-corrected chi connectivity index (χ3v) is 5.95. The fraction of sp³-hybridized carbons (Fsp3) is 0.261. The van der Waals surface area contributed by atoms with Gasteiger partial charge in [0.25, 0.3) is 5.82 Å². The highest BCUT2D eigenvalue weighted by atomic mass is 19.4. The van der Waals surface area contributed by atoms with Gasteiger partial charge in [-0.25, -0.2) is 13.5 Å². The number of hydrogen-bond donors (Lipinski definition) is 1. The minimum absolute atomic E-state index is 0.0331. The number of ketones is 1. The molecule has 2 atom stereocenters. The molecule has 3 aromatic rings. The van der Waals surface area contributed by atoms with Crippen molar-refractivity contribution in [3.8, 4) is 5.75 Å². The van der Waals surface area contributed by atoms with Gasteiger partial charge in [0, 0.05) is 29.7 Å². The van der Waals surface area contributed by atoms with Gasteiger partial charge in [0.05, 0.1) is 7.11 Å². The third-order valence-electron chi connectivity index (χ3n) is 5.95. The SMILES string of the molecule is COc1ccccc1C1CC(=O)C2=C(C1)Nc1nc(C(F)(F)F)nn1C2c1cc(F)cc(F)c1. The molecule has 0 amide bonds. The zero-order valence-electron chi connectivity index (χ0n) is 17.7. The van der Waals surface area contributed by atoms with E-state index in [2.05, 4.69) is 15.4 Å². The van der Waals surface area contributed by atoms with Gasteiger partial charge in [0.15, 0.2) is 5.78 Å². The van der Waals surface area contributed by atoms with Crippen molar-refractivity contribution in [3.05, 3.63) is 82.3 Å². The molecule has 2 aliphatic rings. The number of rotatable bonds is 3. The van der Waals surface area contributed by atoms with Gasteiger partial charge < -0.3 is 10.1 Å². The molecule has 0 saturated carbocycles. The van der Waals surface area contributed by atoms with Gasteiger partial charge in [-0.05, 0) is 35.7 Å². The van der Waals surface area contributed by atoms with E-state index >= 15 is 0 Å². The van der Waals surface area contributed by atoms with Crippen LogP contribution >= 0.6 is 0 Å². The summed E-state index contributed by atoms with van der Waals surface area (Å²) in [6.07, 6.45) is -4.57. The molecule has 0 radical (unpaired) electrons. The van der Waals surface area contributed by atoms with E-state index in [9.17, 15) is 26.7 Å². The second-order valence-electron chi connectivity index (χ2n) is 8.09. The Hall–Kier alpha value is -3.76. The van der Waals surface area contributed by atoms with Gasteiger partial charge in [-0.2, -0.15) is 18.2 Å². The lowest BCUT2D eigenvalue weighted by Gasteiger charge is -2.35. The summed E-state index contributed by atoms with van der Waals surface area (Å²) in [5.74, 6) is -3.68. The van der Waals surface area contributed by atoms with Crippen LogP contribution in [0.15, 0.2) is 53.7 Å². The molecule has 2 heterocycles. The smallest absolute Gasteiger partial charge is 0.453 e. The lowest BCUT2D eigenvalue weighted by atomic mass is 9.77. The van der Waals surface area contributed by atoms with E-state index in [0.29, 0.717) is 17.5 Å². The summed E-state index contributed by atoms with van der Waals surface area (Å²) in [5, 5.41) is 6.34. The minimum atomic E-state index is -4.85. The average Bonchev–Trinajstić information content (AvgIpc) is 3.21. The Kier molecular flexibility index (Phi) is 5.14. The number of Topliss-reactive ketones (excluding diaryl/α,β-unsaturated/α-hetero) is 1. The Morgan fingerprint density at radius 2 is 1.79 bits per heavy atom. The summed E-state index contributed by atoms with van der Waals surface area (Å²) < 4.78 is 74.4. The minimum Gasteiger partial charge on any atom is -0.496 e. The third kappa shape index (κ3) is 3.70. The van der Waals surface area contributed by atoms with E-state index in [1.807, 2.05) is 6.07 Å². The summed E-state index contributed by atoms with van der Waals surface area (Å²) in [6, 6.07) is 8.47. The molecule has 1 aliphatic heterocycles. The van der Waals surface area contributed by atoms with Crippen molar-refractivity contribution in [2.24, 2.45) is 0 Å². The Bertz CT molecular complexity index is 1310. The first kappa shape index (κ1) is 22.1. The van der Waals surface area contributed by atoms with Crippen LogP contribution in [0.4, 0.5) is 27.9 Å². The van der Waals surface area contributed by atoms with Crippen LogP contribution in [0.3, 0.4) is 0 Å². The molecule has 1 aliphatic carbocycles. The van der Waals surface area contributed by atoms with Gasteiger partial charge in [0.2, 0.25) is 5.95 Å². The maximum Gasteiger partial charge on any atom is 0.453 e. The molecule has 0 saturated heterocycles. The molecule has 1 aromatic heterocycles. The van der Waals surface area contributed by atoms with E-state index < -0.39 is 29.7 Å². The van der Waals surface area contributed by atoms with Crippen LogP contribution in [-0.2, 0) is 11.0 Å². The average molecular weight is 476 g/mol. The normalized spacial score (nSPS) is 20.0. The molecule has 5 rings (SSSR count). The number of hydrogen-bond acceptors (Lipinski definition) is 5. The quantitative estimate of drug-likeness (QED) is 0.539. The van der Waals surface area contributed by atoms with Crippen molar-refractivity contribution in [2.45, 2.75) is 31.0 Å². The van der Waals surface area contributed by atoms with Gasteiger partial charge in [-0.3, -0.25) is 4.79 Å². The van der Waals surface area contributed by atoms with Crippen LogP contribution in [0.25, 0.3) is 0 Å². The number of alkyl halides is 3. The zero-order chi connectivity index (χ0) is 24.2. The fourth-order valence-electron chi connectivity index (χ4n) is 4.60. The molecule has 0 spiro atoms. The molecule has 11 heteroatoms.